The van der Waals surface area contributed by atoms with Gasteiger partial charge in [-0.1, -0.05) is 0 Å². The van der Waals surface area contributed by atoms with E-state index >= 15 is 0 Å². The number of rotatable bonds is 3. The molecule has 0 aliphatic carbocycles. The van der Waals surface area contributed by atoms with Crippen molar-refractivity contribution in [3.8, 4) is 23.1 Å². The lowest BCUT2D eigenvalue weighted by Gasteiger charge is -2.15. The summed E-state index contributed by atoms with van der Waals surface area (Å²) in [5, 5.41) is 8.96. The molecule has 8 heteroatoms. The Morgan fingerprint density at radius 1 is 1.26 bits per heavy atom. The fraction of sp³-hybridized carbons (Fsp3) is 0.200. The highest BCUT2D eigenvalue weighted by atomic mass is 19.4. The van der Waals surface area contributed by atoms with Gasteiger partial charge in [-0.25, -0.2) is 4.98 Å². The fourth-order valence-corrected chi connectivity index (χ4v) is 2.00. The van der Waals surface area contributed by atoms with Gasteiger partial charge >= 0.3 is 6.18 Å². The van der Waals surface area contributed by atoms with Crippen LogP contribution >= 0.6 is 0 Å². The van der Waals surface area contributed by atoms with Gasteiger partial charge in [-0.2, -0.15) is 18.4 Å². The summed E-state index contributed by atoms with van der Waals surface area (Å²) in [5.41, 5.74) is 10.6. The molecule has 0 radical (unpaired) electrons. The molecule has 0 spiro atoms. The molecule has 0 atom stereocenters. The molecule has 0 bridgehead atoms. The van der Waals surface area contributed by atoms with Crippen LogP contribution in [0.1, 0.15) is 18.2 Å². The van der Waals surface area contributed by atoms with Crippen molar-refractivity contribution in [2.24, 2.45) is 0 Å². The predicted octanol–water partition coefficient (Wildman–Crippen LogP) is 3.20. The summed E-state index contributed by atoms with van der Waals surface area (Å²) in [6, 6.07) is 6.62. The van der Waals surface area contributed by atoms with Crippen LogP contribution in [0.2, 0.25) is 0 Å². The lowest BCUT2D eigenvalue weighted by molar-refractivity contribution is -0.138. The van der Waals surface area contributed by atoms with Crippen molar-refractivity contribution >= 4 is 11.4 Å². The van der Waals surface area contributed by atoms with Gasteiger partial charge in [0.15, 0.2) is 5.69 Å². The molecule has 5 nitrogen and oxygen atoms in total. The number of nitrogen functional groups attached to an aromatic ring is 2. The summed E-state index contributed by atoms with van der Waals surface area (Å²) in [6.07, 6.45) is -4.59. The van der Waals surface area contributed by atoms with E-state index in [1.54, 1.807) is 13.0 Å². The number of benzene rings is 1. The van der Waals surface area contributed by atoms with Gasteiger partial charge in [0.2, 0.25) is 0 Å². The number of nitrogens with zero attached hydrogens (tertiary/aromatic N) is 2. The van der Waals surface area contributed by atoms with Crippen molar-refractivity contribution in [2.45, 2.75) is 13.1 Å². The predicted molar refractivity (Wildman–Crippen MR) is 79.4 cm³/mol. The number of nitrogens with two attached hydrogens (primary N) is 2. The summed E-state index contributed by atoms with van der Waals surface area (Å²) in [4.78, 5) is 3.95. The zero-order valence-corrected chi connectivity index (χ0v) is 12.1. The van der Waals surface area contributed by atoms with E-state index in [1.165, 1.54) is 18.2 Å². The van der Waals surface area contributed by atoms with Crippen molar-refractivity contribution in [3.63, 3.8) is 0 Å². The molecule has 2 rings (SSSR count). The number of aromatic nitrogens is 1. The summed E-state index contributed by atoms with van der Waals surface area (Å²) < 4.78 is 44.5. The number of anilines is 2. The third-order valence-electron chi connectivity index (χ3n) is 3.08. The third-order valence-corrected chi connectivity index (χ3v) is 3.08. The zero-order valence-electron chi connectivity index (χ0n) is 12.1. The quantitative estimate of drug-likeness (QED) is 0.904. The third kappa shape index (κ3) is 3.29. The number of pyridine rings is 1. The molecule has 1 heterocycles. The van der Waals surface area contributed by atoms with Crippen molar-refractivity contribution in [3.05, 3.63) is 35.5 Å². The van der Waals surface area contributed by atoms with Gasteiger partial charge in [0.1, 0.15) is 11.8 Å². The summed E-state index contributed by atoms with van der Waals surface area (Å²) >= 11 is 0. The van der Waals surface area contributed by atoms with Crippen LogP contribution < -0.4 is 16.2 Å². The number of nitriles is 1. The van der Waals surface area contributed by atoms with Gasteiger partial charge in [-0.3, -0.25) is 0 Å². The zero-order chi connectivity index (χ0) is 17.2. The maximum absolute atomic E-state index is 13.2. The van der Waals surface area contributed by atoms with Gasteiger partial charge in [0.05, 0.1) is 29.2 Å². The smallest absolute Gasteiger partial charge is 0.419 e. The Labute approximate surface area is 130 Å². The Hall–Kier alpha value is -2.95. The minimum Gasteiger partial charge on any atom is -0.493 e. The fourth-order valence-electron chi connectivity index (χ4n) is 2.00. The Kier molecular flexibility index (Phi) is 4.31. The van der Waals surface area contributed by atoms with Crippen LogP contribution in [0.15, 0.2) is 24.3 Å². The summed E-state index contributed by atoms with van der Waals surface area (Å²) in [7, 11) is 0. The van der Waals surface area contributed by atoms with Crippen LogP contribution in [0, 0.1) is 11.3 Å². The van der Waals surface area contributed by atoms with E-state index in [0.29, 0.717) is 0 Å². The van der Waals surface area contributed by atoms with E-state index < -0.39 is 11.7 Å². The molecule has 2 aromatic rings. The van der Waals surface area contributed by atoms with Crippen molar-refractivity contribution in [2.75, 3.05) is 18.1 Å². The highest BCUT2D eigenvalue weighted by Crippen LogP contribution is 2.39. The molecule has 0 fully saturated rings. The maximum Gasteiger partial charge on any atom is 0.419 e. The van der Waals surface area contributed by atoms with Crippen LogP contribution in [0.3, 0.4) is 0 Å². The summed E-state index contributed by atoms with van der Waals surface area (Å²) in [6.45, 7) is 1.70. The Bertz CT molecular complexity index is 782. The Morgan fingerprint density at radius 3 is 2.52 bits per heavy atom. The largest absolute Gasteiger partial charge is 0.493 e. The number of hydrogen-bond donors (Lipinski definition) is 2. The molecule has 4 N–H and O–H groups in total. The second-order valence-corrected chi connectivity index (χ2v) is 4.61. The molecule has 23 heavy (non-hydrogen) atoms. The first-order valence-electron chi connectivity index (χ1n) is 6.58. The highest BCUT2D eigenvalue weighted by Gasteiger charge is 2.34. The van der Waals surface area contributed by atoms with Crippen LogP contribution in [0.25, 0.3) is 11.3 Å². The van der Waals surface area contributed by atoms with Crippen molar-refractivity contribution < 1.29 is 17.9 Å². The van der Waals surface area contributed by atoms with E-state index in [0.717, 1.165) is 6.07 Å². The van der Waals surface area contributed by atoms with Crippen LogP contribution in [0.5, 0.6) is 5.75 Å². The van der Waals surface area contributed by atoms with Gasteiger partial charge in [-0.15, -0.1) is 0 Å². The molecule has 0 aliphatic heterocycles. The normalized spacial score (nSPS) is 11.1. The van der Waals surface area contributed by atoms with Crippen molar-refractivity contribution in [1.29, 1.82) is 5.26 Å². The van der Waals surface area contributed by atoms with Crippen LogP contribution in [0.4, 0.5) is 24.5 Å². The summed E-state index contributed by atoms with van der Waals surface area (Å²) in [5.74, 6) is -0.271. The van der Waals surface area contributed by atoms with E-state index in [-0.39, 0.29) is 40.7 Å². The lowest BCUT2D eigenvalue weighted by atomic mass is 10.0. The molecular formula is C15H13F3N4O. The average molecular weight is 322 g/mol. The second-order valence-electron chi connectivity index (χ2n) is 4.61. The SMILES string of the molecule is CCOc1ccc(-c2cc(N)c(N)c(C#N)n2)cc1C(F)(F)F. The van der Waals surface area contributed by atoms with E-state index in [9.17, 15) is 13.2 Å². The molecule has 0 aliphatic rings. The minimum atomic E-state index is -4.59. The van der Waals surface area contributed by atoms with Gasteiger partial charge in [0, 0.05) is 5.56 Å². The monoisotopic (exact) mass is 322 g/mol. The number of hydrogen-bond acceptors (Lipinski definition) is 5. The molecule has 1 aromatic heterocycles. The number of alkyl halides is 3. The average Bonchev–Trinajstić information content (AvgIpc) is 2.49. The van der Waals surface area contributed by atoms with Crippen LogP contribution in [-0.2, 0) is 6.18 Å². The first kappa shape index (κ1) is 16.4. The van der Waals surface area contributed by atoms with E-state index in [4.69, 9.17) is 21.5 Å². The van der Waals surface area contributed by atoms with Gasteiger partial charge < -0.3 is 16.2 Å². The minimum absolute atomic E-state index is 0.00164. The highest BCUT2D eigenvalue weighted by molar-refractivity contribution is 5.76. The van der Waals surface area contributed by atoms with Crippen molar-refractivity contribution in [1.82, 2.24) is 4.98 Å². The van der Waals surface area contributed by atoms with E-state index in [1.807, 2.05) is 0 Å². The number of halogens is 3. The molecule has 120 valence electrons. The molecule has 0 unspecified atom stereocenters. The Morgan fingerprint density at radius 2 is 1.96 bits per heavy atom. The van der Waals surface area contributed by atoms with Gasteiger partial charge in [0.25, 0.3) is 0 Å². The first-order chi connectivity index (χ1) is 10.8. The molecule has 0 saturated heterocycles. The van der Waals surface area contributed by atoms with E-state index in [2.05, 4.69) is 4.98 Å². The Balaban J connectivity index is 2.62. The molecular weight excluding hydrogens is 309 g/mol. The molecule has 0 saturated carbocycles. The van der Waals surface area contributed by atoms with Crippen LogP contribution in [-0.4, -0.2) is 11.6 Å². The second kappa shape index (κ2) is 6.04. The standard InChI is InChI=1S/C15H13F3N4O/c1-2-23-13-4-3-8(5-9(13)15(16,17)18)11-6-10(20)14(21)12(7-19)22-11/h3-6H,2,21H2,1H3,(H2,20,22). The van der Waals surface area contributed by atoms with Gasteiger partial charge in [-0.05, 0) is 31.2 Å². The lowest BCUT2D eigenvalue weighted by Crippen LogP contribution is -2.09. The topological polar surface area (TPSA) is 98.0 Å². The molecule has 0 amide bonds. The first-order valence-corrected chi connectivity index (χ1v) is 6.58. The molecule has 1 aromatic carbocycles. The number of ether oxygens (including phenoxy) is 1. The maximum atomic E-state index is 13.2.